The second-order valence-electron chi connectivity index (χ2n) is 4.10. The van der Waals surface area contributed by atoms with Gasteiger partial charge in [-0.3, -0.25) is 0 Å². The van der Waals surface area contributed by atoms with E-state index in [2.05, 4.69) is 0 Å². The molecular formula is C15H13FN2O. The van der Waals surface area contributed by atoms with Crippen LogP contribution in [0.5, 0.6) is 5.75 Å². The minimum absolute atomic E-state index is 0.217. The summed E-state index contributed by atoms with van der Waals surface area (Å²) in [5.74, 6) is 0.246. The van der Waals surface area contributed by atoms with Crippen molar-refractivity contribution in [2.45, 2.75) is 13.2 Å². The molecule has 2 N–H and O–H groups in total. The Hall–Kier alpha value is -2.38. The summed E-state index contributed by atoms with van der Waals surface area (Å²) in [7, 11) is 0. The van der Waals surface area contributed by atoms with E-state index in [4.69, 9.17) is 15.7 Å². The van der Waals surface area contributed by atoms with Crippen LogP contribution in [0.4, 0.5) is 4.39 Å². The predicted molar refractivity (Wildman–Crippen MR) is 69.8 cm³/mol. The first-order chi connectivity index (χ1) is 9.21. The van der Waals surface area contributed by atoms with Gasteiger partial charge in [0.25, 0.3) is 0 Å². The maximum atomic E-state index is 13.2. The molecule has 0 heterocycles. The number of nitrogens with zero attached hydrogens (tertiary/aromatic N) is 1. The molecule has 0 spiro atoms. The third-order valence-electron chi connectivity index (χ3n) is 2.65. The van der Waals surface area contributed by atoms with E-state index in [-0.39, 0.29) is 12.2 Å². The van der Waals surface area contributed by atoms with Crippen molar-refractivity contribution in [3.63, 3.8) is 0 Å². The van der Waals surface area contributed by atoms with Crippen molar-refractivity contribution in [3.8, 4) is 11.8 Å². The molecule has 96 valence electrons. The third-order valence-corrected chi connectivity index (χ3v) is 2.65. The highest BCUT2D eigenvalue weighted by atomic mass is 19.1. The minimum Gasteiger partial charge on any atom is -0.489 e. The summed E-state index contributed by atoms with van der Waals surface area (Å²) < 4.78 is 18.7. The van der Waals surface area contributed by atoms with E-state index >= 15 is 0 Å². The lowest BCUT2D eigenvalue weighted by Crippen LogP contribution is -1.98. The Morgan fingerprint density at radius 3 is 2.47 bits per heavy atom. The van der Waals surface area contributed by atoms with Crippen LogP contribution in [0.1, 0.15) is 16.7 Å². The zero-order valence-corrected chi connectivity index (χ0v) is 10.3. The Bertz CT molecular complexity index is 603. The molecule has 0 bridgehead atoms. The van der Waals surface area contributed by atoms with E-state index in [1.807, 2.05) is 30.3 Å². The van der Waals surface area contributed by atoms with Gasteiger partial charge in [0.2, 0.25) is 0 Å². The Kier molecular flexibility index (Phi) is 4.11. The van der Waals surface area contributed by atoms with Crippen LogP contribution in [-0.4, -0.2) is 0 Å². The topological polar surface area (TPSA) is 59.0 Å². The van der Waals surface area contributed by atoms with Crippen LogP contribution in [-0.2, 0) is 13.2 Å². The average Bonchev–Trinajstić information content (AvgIpc) is 2.45. The molecule has 19 heavy (non-hydrogen) atoms. The van der Waals surface area contributed by atoms with Gasteiger partial charge in [-0.25, -0.2) is 4.39 Å². The number of hydrogen-bond donors (Lipinski definition) is 1. The van der Waals surface area contributed by atoms with Gasteiger partial charge in [-0.15, -0.1) is 0 Å². The number of rotatable bonds is 4. The minimum atomic E-state index is -0.434. The molecule has 3 nitrogen and oxygen atoms in total. The monoisotopic (exact) mass is 256 g/mol. The molecule has 2 rings (SSSR count). The van der Waals surface area contributed by atoms with Crippen LogP contribution < -0.4 is 10.5 Å². The zero-order chi connectivity index (χ0) is 13.7. The molecule has 4 heteroatoms. The normalized spacial score (nSPS) is 9.95. The fourth-order valence-electron chi connectivity index (χ4n) is 1.69. The third kappa shape index (κ3) is 3.54. The summed E-state index contributed by atoms with van der Waals surface area (Å²) >= 11 is 0. The number of nitrogens with two attached hydrogens (primary N) is 1. The van der Waals surface area contributed by atoms with E-state index in [1.165, 1.54) is 12.1 Å². The molecule has 0 saturated carbocycles. The van der Waals surface area contributed by atoms with Gasteiger partial charge in [-0.1, -0.05) is 12.1 Å². The fraction of sp³-hybridized carbons (Fsp3) is 0.133. The number of hydrogen-bond acceptors (Lipinski definition) is 3. The predicted octanol–water partition coefficient (Wildman–Crippen LogP) is 2.74. The number of nitriles is 1. The van der Waals surface area contributed by atoms with Gasteiger partial charge in [-0.2, -0.15) is 5.26 Å². The Morgan fingerprint density at radius 1 is 1.11 bits per heavy atom. The molecule has 0 aromatic heterocycles. The van der Waals surface area contributed by atoms with E-state index < -0.39 is 5.82 Å². The lowest BCUT2D eigenvalue weighted by Gasteiger charge is -2.07. The molecule has 0 aliphatic rings. The summed E-state index contributed by atoms with van der Waals surface area (Å²) in [6.07, 6.45) is 0. The molecule has 0 atom stereocenters. The molecule has 0 unspecified atom stereocenters. The van der Waals surface area contributed by atoms with Gasteiger partial charge < -0.3 is 10.5 Å². The molecular weight excluding hydrogens is 243 g/mol. The summed E-state index contributed by atoms with van der Waals surface area (Å²) in [5, 5.41) is 8.76. The lowest BCUT2D eigenvalue weighted by atomic mass is 10.1. The molecule has 0 saturated heterocycles. The molecule has 0 aliphatic carbocycles. The van der Waals surface area contributed by atoms with E-state index in [9.17, 15) is 4.39 Å². The van der Waals surface area contributed by atoms with E-state index in [0.29, 0.717) is 17.9 Å². The fourth-order valence-corrected chi connectivity index (χ4v) is 1.69. The van der Waals surface area contributed by atoms with Gasteiger partial charge in [-0.05, 0) is 41.5 Å². The second-order valence-corrected chi connectivity index (χ2v) is 4.10. The van der Waals surface area contributed by atoms with Gasteiger partial charge >= 0.3 is 0 Å². The first kappa shape index (κ1) is 13.1. The highest BCUT2D eigenvalue weighted by Gasteiger charge is 2.02. The van der Waals surface area contributed by atoms with Crippen molar-refractivity contribution in [2.24, 2.45) is 5.73 Å². The van der Waals surface area contributed by atoms with Crippen LogP contribution >= 0.6 is 0 Å². The molecule has 0 aliphatic heterocycles. The standard InChI is InChI=1S/C15H13FN2O/c16-14-6-12(9-18)5-13(7-14)10-19-15-3-1-11(8-17)2-4-15/h1-7H,8,10,17H2. The van der Waals surface area contributed by atoms with Crippen molar-refractivity contribution >= 4 is 0 Å². The molecule has 2 aromatic carbocycles. The van der Waals surface area contributed by atoms with Crippen LogP contribution in [0.2, 0.25) is 0 Å². The van der Waals surface area contributed by atoms with Gasteiger partial charge in [0.1, 0.15) is 18.2 Å². The summed E-state index contributed by atoms with van der Waals surface area (Å²) in [6.45, 7) is 0.699. The lowest BCUT2D eigenvalue weighted by molar-refractivity contribution is 0.305. The molecule has 0 radical (unpaired) electrons. The maximum absolute atomic E-state index is 13.2. The van der Waals surface area contributed by atoms with Crippen LogP contribution in [0, 0.1) is 17.1 Å². The highest BCUT2D eigenvalue weighted by Crippen LogP contribution is 2.15. The van der Waals surface area contributed by atoms with Gasteiger partial charge in [0.05, 0.1) is 11.6 Å². The summed E-state index contributed by atoms with van der Waals surface area (Å²) in [6, 6.07) is 13.4. The molecule has 0 amide bonds. The number of ether oxygens (including phenoxy) is 1. The molecule has 2 aromatic rings. The summed E-state index contributed by atoms with van der Waals surface area (Å²) in [4.78, 5) is 0. The largest absolute Gasteiger partial charge is 0.489 e. The zero-order valence-electron chi connectivity index (χ0n) is 10.3. The quantitative estimate of drug-likeness (QED) is 0.915. The van der Waals surface area contributed by atoms with Crippen LogP contribution in [0.25, 0.3) is 0 Å². The second kappa shape index (κ2) is 5.98. The Morgan fingerprint density at radius 2 is 1.84 bits per heavy atom. The number of benzene rings is 2. The number of halogens is 1. The van der Waals surface area contributed by atoms with Crippen molar-refractivity contribution in [2.75, 3.05) is 0 Å². The van der Waals surface area contributed by atoms with Crippen LogP contribution in [0.3, 0.4) is 0 Å². The van der Waals surface area contributed by atoms with E-state index in [1.54, 1.807) is 6.07 Å². The van der Waals surface area contributed by atoms with Crippen molar-refractivity contribution in [1.29, 1.82) is 5.26 Å². The Balaban J connectivity index is 2.05. The maximum Gasteiger partial charge on any atom is 0.124 e. The van der Waals surface area contributed by atoms with Crippen LogP contribution in [0.15, 0.2) is 42.5 Å². The summed E-state index contributed by atoms with van der Waals surface area (Å²) in [5.41, 5.74) is 7.43. The first-order valence-electron chi connectivity index (χ1n) is 5.82. The first-order valence-corrected chi connectivity index (χ1v) is 5.82. The molecule has 0 fully saturated rings. The van der Waals surface area contributed by atoms with E-state index in [0.717, 1.165) is 5.56 Å². The Labute approximate surface area is 111 Å². The average molecular weight is 256 g/mol. The van der Waals surface area contributed by atoms with Crippen molar-refractivity contribution < 1.29 is 9.13 Å². The smallest absolute Gasteiger partial charge is 0.124 e. The highest BCUT2D eigenvalue weighted by molar-refractivity contribution is 5.34. The van der Waals surface area contributed by atoms with Gasteiger partial charge in [0, 0.05) is 6.54 Å². The SMILES string of the molecule is N#Cc1cc(F)cc(COc2ccc(CN)cc2)c1. The van der Waals surface area contributed by atoms with Crippen molar-refractivity contribution in [3.05, 3.63) is 65.0 Å². The van der Waals surface area contributed by atoms with Crippen molar-refractivity contribution in [1.82, 2.24) is 0 Å². The van der Waals surface area contributed by atoms with Gasteiger partial charge in [0.15, 0.2) is 0 Å².